The van der Waals surface area contributed by atoms with Crippen molar-refractivity contribution in [3.63, 3.8) is 0 Å². The Morgan fingerprint density at radius 1 is 1.17 bits per heavy atom. The summed E-state index contributed by atoms with van der Waals surface area (Å²) < 4.78 is 73.7. The van der Waals surface area contributed by atoms with Crippen LogP contribution in [0.1, 0.15) is 89.1 Å². The van der Waals surface area contributed by atoms with Gasteiger partial charge in [0.25, 0.3) is 0 Å². The summed E-state index contributed by atoms with van der Waals surface area (Å²) in [5.74, 6) is -2.96. The second-order valence-electron chi connectivity index (χ2n) is 12.5. The Bertz CT molecular complexity index is 1280. The van der Waals surface area contributed by atoms with Gasteiger partial charge >= 0.3 is 18.3 Å². The molecular formula is C27H35F5N6O3. The number of carbonyl (C=O) groups excluding carboxylic acids is 2. The van der Waals surface area contributed by atoms with E-state index < -0.39 is 54.4 Å². The van der Waals surface area contributed by atoms with Gasteiger partial charge in [-0.05, 0) is 69.9 Å². The second kappa shape index (κ2) is 10.6. The van der Waals surface area contributed by atoms with Gasteiger partial charge in [0.15, 0.2) is 5.65 Å². The number of amides is 3. The number of alkyl halides is 5. The van der Waals surface area contributed by atoms with Crippen LogP contribution in [0.2, 0.25) is 0 Å². The molecule has 3 fully saturated rings. The van der Waals surface area contributed by atoms with E-state index >= 15 is 0 Å². The number of halogens is 5. The summed E-state index contributed by atoms with van der Waals surface area (Å²) in [6.45, 7) is 5.10. The molecule has 2 aliphatic carbocycles. The van der Waals surface area contributed by atoms with E-state index in [1.807, 2.05) is 0 Å². The number of nitrogens with zero attached hydrogens (tertiary/aromatic N) is 4. The number of ether oxygens (including phenoxy) is 1. The molecule has 0 aromatic carbocycles. The van der Waals surface area contributed by atoms with Gasteiger partial charge in [0.2, 0.25) is 5.92 Å². The predicted octanol–water partition coefficient (Wildman–Crippen LogP) is 5.92. The Kier molecular flexibility index (Phi) is 7.56. The van der Waals surface area contributed by atoms with E-state index in [1.165, 1.54) is 9.42 Å². The predicted molar refractivity (Wildman–Crippen MR) is 137 cm³/mol. The van der Waals surface area contributed by atoms with Crippen LogP contribution in [0.25, 0.3) is 5.65 Å². The van der Waals surface area contributed by atoms with Crippen LogP contribution in [0.3, 0.4) is 0 Å². The van der Waals surface area contributed by atoms with Crippen LogP contribution >= 0.6 is 0 Å². The van der Waals surface area contributed by atoms with Crippen molar-refractivity contribution in [1.29, 1.82) is 0 Å². The number of rotatable bonds is 7. The highest BCUT2D eigenvalue weighted by atomic mass is 19.4. The summed E-state index contributed by atoms with van der Waals surface area (Å²) >= 11 is 0. The first-order valence-corrected chi connectivity index (χ1v) is 13.9. The summed E-state index contributed by atoms with van der Waals surface area (Å²) in [5, 5.41) is 9.72. The monoisotopic (exact) mass is 586 g/mol. The van der Waals surface area contributed by atoms with E-state index in [4.69, 9.17) is 4.74 Å². The van der Waals surface area contributed by atoms with E-state index in [9.17, 15) is 31.5 Å². The van der Waals surface area contributed by atoms with Crippen LogP contribution < -0.4 is 10.6 Å². The summed E-state index contributed by atoms with van der Waals surface area (Å²) in [6, 6.07) is -0.986. The number of alkyl carbamates (subject to hydrolysis) is 1. The summed E-state index contributed by atoms with van der Waals surface area (Å²) in [4.78, 5) is 31.5. The van der Waals surface area contributed by atoms with Crippen molar-refractivity contribution in [3.05, 3.63) is 29.7 Å². The summed E-state index contributed by atoms with van der Waals surface area (Å²) in [7, 11) is 0. The fraction of sp³-hybridized carbons (Fsp3) is 0.704. The van der Waals surface area contributed by atoms with Crippen molar-refractivity contribution in [2.45, 2.75) is 102 Å². The third-order valence-corrected chi connectivity index (χ3v) is 7.81. The van der Waals surface area contributed by atoms with Gasteiger partial charge < -0.3 is 20.3 Å². The van der Waals surface area contributed by atoms with Gasteiger partial charge in [-0.1, -0.05) is 0 Å². The zero-order valence-corrected chi connectivity index (χ0v) is 23.2. The van der Waals surface area contributed by atoms with Crippen LogP contribution in [0.15, 0.2) is 18.5 Å². The highest BCUT2D eigenvalue weighted by Crippen LogP contribution is 2.46. The quantitative estimate of drug-likeness (QED) is 0.393. The molecule has 9 nitrogen and oxygen atoms in total. The molecule has 5 rings (SSSR count). The minimum absolute atomic E-state index is 0.0709. The smallest absolute Gasteiger partial charge is 0.408 e. The zero-order chi connectivity index (χ0) is 29.7. The topological polar surface area (TPSA) is 101 Å². The van der Waals surface area contributed by atoms with E-state index in [-0.39, 0.29) is 44.1 Å². The Morgan fingerprint density at radius 2 is 1.85 bits per heavy atom. The molecule has 2 aromatic rings. The van der Waals surface area contributed by atoms with Crippen LogP contribution in [0, 0.1) is 11.8 Å². The highest BCUT2D eigenvalue weighted by Gasteiger charge is 2.45. The zero-order valence-electron chi connectivity index (χ0n) is 23.2. The lowest BCUT2D eigenvalue weighted by atomic mass is 9.81. The van der Waals surface area contributed by atoms with Crippen LogP contribution in [-0.2, 0) is 4.74 Å². The number of hydrogen-bond donors (Lipinski definition) is 2. The molecule has 14 heteroatoms. The number of hydrogen-bond acceptors (Lipinski definition) is 5. The first-order chi connectivity index (χ1) is 19.1. The molecule has 0 bridgehead atoms. The molecule has 3 atom stereocenters. The fourth-order valence-electron chi connectivity index (χ4n) is 5.86. The first-order valence-electron chi connectivity index (χ1n) is 13.9. The minimum atomic E-state index is -4.39. The van der Waals surface area contributed by atoms with Crippen LogP contribution in [0.4, 0.5) is 31.5 Å². The third-order valence-electron chi connectivity index (χ3n) is 7.81. The third kappa shape index (κ3) is 7.18. The number of urea groups is 1. The number of nitrogens with one attached hydrogen (secondary N) is 2. The molecule has 226 valence electrons. The maximum atomic E-state index is 13.9. The van der Waals surface area contributed by atoms with Crippen molar-refractivity contribution < 1.29 is 36.3 Å². The normalized spacial score (nSPS) is 23.4. The van der Waals surface area contributed by atoms with E-state index in [0.29, 0.717) is 16.9 Å². The van der Waals surface area contributed by atoms with Crippen molar-refractivity contribution >= 4 is 17.8 Å². The SMILES string of the molecule is CC(C)(C)OC(=O)N[C@H](c1cn2ncc([C@@H](C3CC3)N3C[C@@H](CC(F)(F)F)NC3=O)cc2n1)C1CCC(F)(F)CC1. The molecule has 0 spiro atoms. The molecule has 3 aliphatic rings. The van der Waals surface area contributed by atoms with Crippen molar-refractivity contribution in [2.75, 3.05) is 6.54 Å². The Balaban J connectivity index is 1.41. The molecule has 2 N–H and O–H groups in total. The van der Waals surface area contributed by atoms with Gasteiger partial charge in [-0.25, -0.2) is 27.9 Å². The molecular weight excluding hydrogens is 551 g/mol. The molecule has 2 saturated carbocycles. The maximum Gasteiger partial charge on any atom is 0.408 e. The number of aromatic nitrogens is 3. The number of imidazole rings is 1. The Labute approximate surface area is 234 Å². The number of fused-ring (bicyclic) bond motifs is 1. The molecule has 0 unspecified atom stereocenters. The van der Waals surface area contributed by atoms with Crippen molar-refractivity contribution in [2.24, 2.45) is 11.8 Å². The summed E-state index contributed by atoms with van der Waals surface area (Å²) in [6.07, 6.45) is -1.54. The standard InChI is InChI=1S/C27H35F5N6O3/c1-25(2,3)41-24(40)36-21(15-6-8-26(28,29)9-7-15)19-14-38-20(35-19)10-17(12-33-38)22(16-4-5-16)37-13-18(34-23(37)39)11-27(30,31)32/h10,12,14-16,18,21-22H,4-9,11,13H2,1-3H3,(H,34,39)(H,36,40)/t18-,21+,22-/m1/s1. The van der Waals surface area contributed by atoms with Gasteiger partial charge in [-0.15, -0.1) is 0 Å². The van der Waals surface area contributed by atoms with Crippen molar-refractivity contribution in [1.82, 2.24) is 30.1 Å². The van der Waals surface area contributed by atoms with Gasteiger partial charge in [0.1, 0.15) is 5.60 Å². The molecule has 3 amide bonds. The molecule has 3 heterocycles. The minimum Gasteiger partial charge on any atom is -0.444 e. The largest absolute Gasteiger partial charge is 0.444 e. The Hall–Kier alpha value is -3.19. The highest BCUT2D eigenvalue weighted by molar-refractivity contribution is 5.77. The molecule has 41 heavy (non-hydrogen) atoms. The number of carbonyl (C=O) groups is 2. The molecule has 1 saturated heterocycles. The van der Waals surface area contributed by atoms with Crippen LogP contribution in [-0.4, -0.2) is 61.9 Å². The molecule has 1 aliphatic heterocycles. The summed E-state index contributed by atoms with van der Waals surface area (Å²) in [5.41, 5.74) is 0.728. The molecule has 0 radical (unpaired) electrons. The van der Waals surface area contributed by atoms with Crippen LogP contribution in [0.5, 0.6) is 0 Å². The Morgan fingerprint density at radius 3 is 2.46 bits per heavy atom. The van der Waals surface area contributed by atoms with Crippen molar-refractivity contribution in [3.8, 4) is 0 Å². The lowest BCUT2D eigenvalue weighted by Crippen LogP contribution is -2.40. The fourth-order valence-corrected chi connectivity index (χ4v) is 5.86. The van der Waals surface area contributed by atoms with E-state index in [0.717, 1.165) is 12.8 Å². The average Bonchev–Trinajstić information content (AvgIpc) is 3.47. The average molecular weight is 587 g/mol. The second-order valence-corrected chi connectivity index (χ2v) is 12.5. The van der Waals surface area contributed by atoms with Gasteiger partial charge in [0, 0.05) is 19.4 Å². The lowest BCUT2D eigenvalue weighted by Gasteiger charge is -2.33. The van der Waals surface area contributed by atoms with Gasteiger partial charge in [-0.2, -0.15) is 18.3 Å². The van der Waals surface area contributed by atoms with E-state index in [1.54, 1.807) is 39.2 Å². The lowest BCUT2D eigenvalue weighted by molar-refractivity contribution is -0.138. The first kappa shape index (κ1) is 29.3. The van der Waals surface area contributed by atoms with Gasteiger partial charge in [-0.3, -0.25) is 0 Å². The van der Waals surface area contributed by atoms with Gasteiger partial charge in [0.05, 0.1) is 42.6 Å². The maximum absolute atomic E-state index is 13.9. The van der Waals surface area contributed by atoms with E-state index in [2.05, 4.69) is 20.7 Å². The molecule has 2 aromatic heterocycles.